The van der Waals surface area contributed by atoms with Crippen molar-refractivity contribution in [3.63, 3.8) is 0 Å². The van der Waals surface area contributed by atoms with Gasteiger partial charge in [0.05, 0.1) is 7.11 Å². The van der Waals surface area contributed by atoms with E-state index in [1.54, 1.807) is 12.3 Å². The molecule has 0 aliphatic heterocycles. The summed E-state index contributed by atoms with van der Waals surface area (Å²) in [6.45, 7) is 1.88. The van der Waals surface area contributed by atoms with Gasteiger partial charge in [-0.2, -0.15) is 0 Å². The molecule has 0 saturated carbocycles. The first-order valence-electron chi connectivity index (χ1n) is 5.53. The summed E-state index contributed by atoms with van der Waals surface area (Å²) >= 11 is 1.05. The Morgan fingerprint density at radius 1 is 1.58 bits per heavy atom. The Morgan fingerprint density at radius 2 is 2.26 bits per heavy atom. The molecule has 0 atom stereocenters. The van der Waals surface area contributed by atoms with E-state index in [0.29, 0.717) is 18.4 Å². The fourth-order valence-corrected chi connectivity index (χ4v) is 4.25. The highest BCUT2D eigenvalue weighted by atomic mass is 32.2. The number of aryl methyl sites for hydroxylation is 1. The maximum atomic E-state index is 12.2. The van der Waals surface area contributed by atoms with Gasteiger partial charge in [0.15, 0.2) is 0 Å². The number of thiophene rings is 1. The van der Waals surface area contributed by atoms with E-state index in [9.17, 15) is 13.2 Å². The summed E-state index contributed by atoms with van der Waals surface area (Å²) in [5.41, 5.74) is 0.523. The number of hydrogen-bond acceptors (Lipinski definition) is 5. The first-order valence-corrected chi connectivity index (χ1v) is 7.90. The molecular formula is C12H15NO4S2. The lowest BCUT2D eigenvalue weighted by atomic mass is 10.3. The van der Waals surface area contributed by atoms with E-state index < -0.39 is 16.0 Å². The highest BCUT2D eigenvalue weighted by Crippen LogP contribution is 2.27. The molecule has 0 amide bonds. The highest BCUT2D eigenvalue weighted by molar-refractivity contribution is 7.89. The number of sulfonamides is 1. The minimum absolute atomic E-state index is 0.00921. The third-order valence-corrected chi connectivity index (χ3v) is 5.20. The summed E-state index contributed by atoms with van der Waals surface area (Å²) in [4.78, 5) is 11.6. The van der Waals surface area contributed by atoms with Crippen molar-refractivity contribution in [1.29, 1.82) is 0 Å². The van der Waals surface area contributed by atoms with Gasteiger partial charge in [-0.25, -0.2) is 17.9 Å². The van der Waals surface area contributed by atoms with Crippen LogP contribution < -0.4 is 4.72 Å². The molecule has 1 heterocycles. The van der Waals surface area contributed by atoms with E-state index >= 15 is 0 Å². The second-order valence-corrected chi connectivity index (χ2v) is 6.36. The standard InChI is InChI=1S/C12H15NO4S2/c1-4-5-6-7-13-19(15,16)11-9(2)8-18-10(11)12(14)17-3/h1,8,13H,5-7H2,2-3H3. The minimum atomic E-state index is -3.72. The third-order valence-electron chi connectivity index (χ3n) is 2.35. The van der Waals surface area contributed by atoms with Crippen LogP contribution in [0.1, 0.15) is 28.1 Å². The van der Waals surface area contributed by atoms with Crippen LogP contribution in [0.15, 0.2) is 10.3 Å². The Morgan fingerprint density at radius 3 is 2.84 bits per heavy atom. The number of nitrogens with one attached hydrogen (secondary N) is 1. The van der Waals surface area contributed by atoms with Gasteiger partial charge in [0.25, 0.3) is 0 Å². The second-order valence-electron chi connectivity index (χ2n) is 3.77. The lowest BCUT2D eigenvalue weighted by Crippen LogP contribution is -2.26. The molecule has 0 aromatic carbocycles. The normalized spacial score (nSPS) is 11.0. The first kappa shape index (κ1) is 15.7. The van der Waals surface area contributed by atoms with Crippen molar-refractivity contribution in [1.82, 2.24) is 4.72 Å². The average molecular weight is 301 g/mol. The van der Waals surface area contributed by atoms with Crippen LogP contribution in [0, 0.1) is 19.3 Å². The number of methoxy groups -OCH3 is 1. The van der Waals surface area contributed by atoms with Crippen LogP contribution in [0.25, 0.3) is 0 Å². The zero-order chi connectivity index (χ0) is 14.5. The zero-order valence-corrected chi connectivity index (χ0v) is 12.4. The Bertz CT molecular complexity index is 596. The third kappa shape index (κ3) is 3.80. The predicted octanol–water partition coefficient (Wildman–Crippen LogP) is 1.53. The van der Waals surface area contributed by atoms with Gasteiger partial charge >= 0.3 is 5.97 Å². The van der Waals surface area contributed by atoms with Gasteiger partial charge in [-0.3, -0.25) is 0 Å². The van der Waals surface area contributed by atoms with E-state index in [-0.39, 0.29) is 16.3 Å². The largest absolute Gasteiger partial charge is 0.465 e. The van der Waals surface area contributed by atoms with E-state index in [1.807, 2.05) is 0 Å². The number of carbonyl (C=O) groups excluding carboxylic acids is 1. The lowest BCUT2D eigenvalue weighted by Gasteiger charge is -2.07. The molecule has 1 aromatic rings. The monoisotopic (exact) mass is 301 g/mol. The molecule has 1 N–H and O–H groups in total. The molecule has 0 saturated heterocycles. The van der Waals surface area contributed by atoms with Gasteiger partial charge in [-0.05, 0) is 24.3 Å². The van der Waals surface area contributed by atoms with Crippen LogP contribution in [0.5, 0.6) is 0 Å². The van der Waals surface area contributed by atoms with Crippen LogP contribution in [-0.2, 0) is 14.8 Å². The average Bonchev–Trinajstić information content (AvgIpc) is 2.76. The number of ether oxygens (including phenoxy) is 1. The molecule has 1 rings (SSSR count). The molecule has 0 unspecified atom stereocenters. The number of esters is 1. The fraction of sp³-hybridized carbons (Fsp3) is 0.417. The van der Waals surface area contributed by atoms with Gasteiger partial charge in [-0.1, -0.05) is 0 Å². The summed E-state index contributed by atoms with van der Waals surface area (Å²) in [6, 6.07) is 0. The van der Waals surface area contributed by atoms with Crippen LogP contribution in [-0.4, -0.2) is 28.0 Å². The predicted molar refractivity (Wildman–Crippen MR) is 73.7 cm³/mol. The number of terminal acetylenes is 1. The number of unbranched alkanes of at least 4 members (excludes halogenated alkanes) is 1. The quantitative estimate of drug-likeness (QED) is 0.491. The number of rotatable bonds is 6. The van der Waals surface area contributed by atoms with Crippen LogP contribution in [0.4, 0.5) is 0 Å². The van der Waals surface area contributed by atoms with Crippen molar-refractivity contribution in [2.75, 3.05) is 13.7 Å². The second kappa shape index (κ2) is 6.70. The maximum Gasteiger partial charge on any atom is 0.349 e. The van der Waals surface area contributed by atoms with Crippen molar-refractivity contribution in [3.05, 3.63) is 15.8 Å². The molecule has 0 radical (unpaired) electrons. The lowest BCUT2D eigenvalue weighted by molar-refractivity contribution is 0.0602. The van der Waals surface area contributed by atoms with Crippen LogP contribution in [0.3, 0.4) is 0 Å². The summed E-state index contributed by atoms with van der Waals surface area (Å²) in [6.07, 6.45) is 6.14. The summed E-state index contributed by atoms with van der Waals surface area (Å²) in [5, 5.41) is 1.61. The maximum absolute atomic E-state index is 12.2. The molecule has 0 spiro atoms. The molecule has 104 valence electrons. The molecule has 1 aromatic heterocycles. The van der Waals surface area contributed by atoms with Gasteiger partial charge in [-0.15, -0.1) is 23.7 Å². The number of hydrogen-bond donors (Lipinski definition) is 1. The Labute approximate surface area is 117 Å². The zero-order valence-electron chi connectivity index (χ0n) is 10.7. The topological polar surface area (TPSA) is 72.5 Å². The Hall–Kier alpha value is -1.36. The Balaban J connectivity index is 2.98. The molecule has 7 heteroatoms. The summed E-state index contributed by atoms with van der Waals surface area (Å²) < 4.78 is 31.3. The van der Waals surface area contributed by atoms with Crippen molar-refractivity contribution < 1.29 is 17.9 Å². The van der Waals surface area contributed by atoms with Gasteiger partial charge in [0.1, 0.15) is 9.77 Å². The van der Waals surface area contributed by atoms with Crippen LogP contribution >= 0.6 is 11.3 Å². The molecule has 0 bridgehead atoms. The van der Waals surface area contributed by atoms with Gasteiger partial charge in [0.2, 0.25) is 10.0 Å². The molecule has 19 heavy (non-hydrogen) atoms. The van der Waals surface area contributed by atoms with Gasteiger partial charge in [0, 0.05) is 13.0 Å². The number of carbonyl (C=O) groups is 1. The minimum Gasteiger partial charge on any atom is -0.465 e. The van der Waals surface area contributed by atoms with E-state index in [0.717, 1.165) is 11.3 Å². The highest BCUT2D eigenvalue weighted by Gasteiger charge is 2.26. The van der Waals surface area contributed by atoms with E-state index in [2.05, 4.69) is 15.4 Å². The van der Waals surface area contributed by atoms with E-state index in [4.69, 9.17) is 6.42 Å². The molecule has 0 fully saturated rings. The molecular weight excluding hydrogens is 286 g/mol. The Kier molecular flexibility index (Phi) is 5.54. The van der Waals surface area contributed by atoms with E-state index in [1.165, 1.54) is 7.11 Å². The SMILES string of the molecule is C#CCCCNS(=O)(=O)c1c(C)csc1C(=O)OC. The molecule has 5 nitrogen and oxygen atoms in total. The van der Waals surface area contributed by atoms with Crippen LogP contribution in [0.2, 0.25) is 0 Å². The smallest absolute Gasteiger partial charge is 0.349 e. The van der Waals surface area contributed by atoms with Crippen molar-refractivity contribution in [2.24, 2.45) is 0 Å². The molecule has 0 aliphatic carbocycles. The summed E-state index contributed by atoms with van der Waals surface area (Å²) in [5.74, 6) is 1.78. The first-order chi connectivity index (χ1) is 8.94. The molecule has 0 aliphatic rings. The van der Waals surface area contributed by atoms with Crippen molar-refractivity contribution >= 4 is 27.3 Å². The van der Waals surface area contributed by atoms with Crippen molar-refractivity contribution in [2.45, 2.75) is 24.7 Å². The van der Waals surface area contributed by atoms with Gasteiger partial charge < -0.3 is 4.74 Å². The summed E-state index contributed by atoms with van der Waals surface area (Å²) in [7, 11) is -2.51. The van der Waals surface area contributed by atoms with Crippen molar-refractivity contribution in [3.8, 4) is 12.3 Å². The fourth-order valence-electron chi connectivity index (χ4n) is 1.47.